The zero-order valence-electron chi connectivity index (χ0n) is 14.1. The molecule has 128 valence electrons. The second-order valence-corrected chi connectivity index (χ2v) is 7.49. The fourth-order valence-electron chi connectivity index (χ4n) is 3.35. The van der Waals surface area contributed by atoms with Gasteiger partial charge < -0.3 is 9.64 Å². The lowest BCUT2D eigenvalue weighted by atomic mass is 10.1. The van der Waals surface area contributed by atoms with E-state index in [9.17, 15) is 4.79 Å². The maximum absolute atomic E-state index is 13.2. The molecular formula is C21H21NO2S. The lowest BCUT2D eigenvalue weighted by Gasteiger charge is -2.25. The van der Waals surface area contributed by atoms with E-state index in [4.69, 9.17) is 4.74 Å². The van der Waals surface area contributed by atoms with Gasteiger partial charge in [0.2, 0.25) is 0 Å². The fraction of sp³-hybridized carbons (Fsp3) is 0.286. The molecule has 3 nitrogen and oxygen atoms in total. The number of hydrogen-bond donors (Lipinski definition) is 0. The van der Waals surface area contributed by atoms with E-state index in [1.54, 1.807) is 11.3 Å². The van der Waals surface area contributed by atoms with Crippen molar-refractivity contribution in [3.63, 3.8) is 0 Å². The maximum Gasteiger partial charge on any atom is 0.254 e. The molecular weight excluding hydrogens is 330 g/mol. The molecule has 1 aliphatic rings. The Labute approximate surface area is 151 Å². The minimum Gasteiger partial charge on any atom is -0.376 e. The van der Waals surface area contributed by atoms with Crippen LogP contribution in [0.3, 0.4) is 0 Å². The molecule has 4 heteroatoms. The lowest BCUT2D eigenvalue weighted by molar-refractivity contribution is 0.0510. The second kappa shape index (κ2) is 7.38. The summed E-state index contributed by atoms with van der Waals surface area (Å²) in [6.07, 6.45) is 2.28. The minimum atomic E-state index is 0.0784. The molecule has 0 saturated carbocycles. The minimum absolute atomic E-state index is 0.0784. The highest BCUT2D eigenvalue weighted by Gasteiger charge is 2.24. The molecule has 1 aliphatic heterocycles. The summed E-state index contributed by atoms with van der Waals surface area (Å²) in [5.41, 5.74) is 0.744. The van der Waals surface area contributed by atoms with Crippen molar-refractivity contribution in [3.8, 4) is 0 Å². The Bertz CT molecular complexity index is 853. The number of thiophene rings is 1. The van der Waals surface area contributed by atoms with Crippen molar-refractivity contribution in [1.82, 2.24) is 4.90 Å². The predicted molar refractivity (Wildman–Crippen MR) is 102 cm³/mol. The van der Waals surface area contributed by atoms with Crippen molar-refractivity contribution in [2.24, 2.45) is 0 Å². The number of benzene rings is 2. The van der Waals surface area contributed by atoms with Crippen molar-refractivity contribution in [2.45, 2.75) is 25.5 Å². The molecule has 25 heavy (non-hydrogen) atoms. The van der Waals surface area contributed by atoms with Crippen LogP contribution in [0.5, 0.6) is 0 Å². The number of rotatable bonds is 5. The molecule has 0 N–H and O–H groups in total. The van der Waals surface area contributed by atoms with Crippen LogP contribution in [0.15, 0.2) is 60.0 Å². The third-order valence-electron chi connectivity index (χ3n) is 4.66. The topological polar surface area (TPSA) is 29.5 Å². The summed E-state index contributed by atoms with van der Waals surface area (Å²) in [7, 11) is 0. The zero-order valence-corrected chi connectivity index (χ0v) is 14.9. The molecule has 0 spiro atoms. The SMILES string of the molecule is O=C(c1ccc2ccccc2c1)N(Cc1cccs1)CC1CCCO1. The Kier molecular flexibility index (Phi) is 4.81. The van der Waals surface area contributed by atoms with Gasteiger partial charge in [0, 0.05) is 23.6 Å². The summed E-state index contributed by atoms with van der Waals surface area (Å²) in [6, 6.07) is 18.2. The van der Waals surface area contributed by atoms with E-state index in [0.717, 1.165) is 35.8 Å². The Balaban J connectivity index is 1.60. The number of nitrogens with zero attached hydrogens (tertiary/aromatic N) is 1. The van der Waals surface area contributed by atoms with E-state index in [-0.39, 0.29) is 12.0 Å². The fourth-order valence-corrected chi connectivity index (χ4v) is 4.07. The summed E-state index contributed by atoms with van der Waals surface area (Å²) < 4.78 is 5.77. The summed E-state index contributed by atoms with van der Waals surface area (Å²) in [4.78, 5) is 16.3. The number of amides is 1. The second-order valence-electron chi connectivity index (χ2n) is 6.46. The van der Waals surface area contributed by atoms with E-state index in [1.807, 2.05) is 41.3 Å². The number of carbonyl (C=O) groups excluding carboxylic acids is 1. The highest BCUT2D eigenvalue weighted by Crippen LogP contribution is 2.21. The highest BCUT2D eigenvalue weighted by molar-refractivity contribution is 7.09. The van der Waals surface area contributed by atoms with Gasteiger partial charge in [-0.2, -0.15) is 0 Å². The zero-order chi connectivity index (χ0) is 17.1. The van der Waals surface area contributed by atoms with Crippen LogP contribution in [0.25, 0.3) is 10.8 Å². The van der Waals surface area contributed by atoms with Gasteiger partial charge in [-0.15, -0.1) is 11.3 Å². The van der Waals surface area contributed by atoms with Crippen molar-refractivity contribution < 1.29 is 9.53 Å². The summed E-state index contributed by atoms with van der Waals surface area (Å²) >= 11 is 1.69. The van der Waals surface area contributed by atoms with Gasteiger partial charge in [-0.3, -0.25) is 4.79 Å². The number of carbonyl (C=O) groups is 1. The average molecular weight is 351 g/mol. The summed E-state index contributed by atoms with van der Waals surface area (Å²) in [6.45, 7) is 2.11. The quantitative estimate of drug-likeness (QED) is 0.665. The van der Waals surface area contributed by atoms with Crippen LogP contribution < -0.4 is 0 Å². The Morgan fingerprint density at radius 3 is 2.76 bits per heavy atom. The van der Waals surface area contributed by atoms with E-state index in [0.29, 0.717) is 13.1 Å². The van der Waals surface area contributed by atoms with Crippen LogP contribution in [-0.4, -0.2) is 30.1 Å². The molecule has 1 saturated heterocycles. The molecule has 2 heterocycles. The first-order valence-electron chi connectivity index (χ1n) is 8.72. The van der Waals surface area contributed by atoms with Gasteiger partial charge in [-0.25, -0.2) is 0 Å². The molecule has 0 bridgehead atoms. The van der Waals surface area contributed by atoms with E-state index in [2.05, 4.69) is 23.6 Å². The molecule has 1 unspecified atom stereocenters. The predicted octanol–water partition coefficient (Wildman–Crippen LogP) is 4.72. The molecule has 0 aliphatic carbocycles. The van der Waals surface area contributed by atoms with Gasteiger partial charge in [-0.05, 0) is 47.2 Å². The first kappa shape index (κ1) is 16.3. The molecule has 4 rings (SSSR count). The Hall–Kier alpha value is -2.17. The van der Waals surface area contributed by atoms with Crippen molar-refractivity contribution in [3.05, 3.63) is 70.4 Å². The smallest absolute Gasteiger partial charge is 0.254 e. The van der Waals surface area contributed by atoms with Gasteiger partial charge in [0.15, 0.2) is 0 Å². The monoisotopic (exact) mass is 351 g/mol. The van der Waals surface area contributed by atoms with E-state index in [1.165, 1.54) is 4.88 Å². The highest BCUT2D eigenvalue weighted by atomic mass is 32.1. The van der Waals surface area contributed by atoms with Gasteiger partial charge in [-0.1, -0.05) is 36.4 Å². The van der Waals surface area contributed by atoms with Gasteiger partial charge in [0.1, 0.15) is 0 Å². The summed E-state index contributed by atoms with van der Waals surface area (Å²) in [5.74, 6) is 0.0784. The van der Waals surface area contributed by atoms with Crippen molar-refractivity contribution in [2.75, 3.05) is 13.2 Å². The first-order chi connectivity index (χ1) is 12.3. The first-order valence-corrected chi connectivity index (χ1v) is 9.59. The summed E-state index contributed by atoms with van der Waals surface area (Å²) in [5, 5.41) is 4.31. The number of hydrogen-bond acceptors (Lipinski definition) is 3. The van der Waals surface area contributed by atoms with Crippen LogP contribution in [0.4, 0.5) is 0 Å². The molecule has 2 aromatic carbocycles. The molecule has 1 amide bonds. The molecule has 1 aromatic heterocycles. The lowest BCUT2D eigenvalue weighted by Crippen LogP contribution is -2.36. The van der Waals surface area contributed by atoms with Gasteiger partial charge >= 0.3 is 0 Å². The number of fused-ring (bicyclic) bond motifs is 1. The average Bonchev–Trinajstić information content (AvgIpc) is 3.34. The Morgan fingerprint density at radius 1 is 1.12 bits per heavy atom. The normalized spacial score (nSPS) is 17.0. The van der Waals surface area contributed by atoms with Crippen LogP contribution >= 0.6 is 11.3 Å². The largest absolute Gasteiger partial charge is 0.376 e. The van der Waals surface area contributed by atoms with Crippen LogP contribution in [0, 0.1) is 0 Å². The molecule has 0 radical (unpaired) electrons. The molecule has 3 aromatic rings. The van der Waals surface area contributed by atoms with Gasteiger partial charge in [0.25, 0.3) is 5.91 Å². The van der Waals surface area contributed by atoms with Crippen LogP contribution in [-0.2, 0) is 11.3 Å². The van der Waals surface area contributed by atoms with E-state index < -0.39 is 0 Å². The van der Waals surface area contributed by atoms with Crippen LogP contribution in [0.2, 0.25) is 0 Å². The molecule has 1 fully saturated rings. The van der Waals surface area contributed by atoms with Crippen molar-refractivity contribution >= 4 is 28.0 Å². The van der Waals surface area contributed by atoms with Gasteiger partial charge in [0.05, 0.1) is 12.6 Å². The van der Waals surface area contributed by atoms with Crippen molar-refractivity contribution in [1.29, 1.82) is 0 Å². The third-order valence-corrected chi connectivity index (χ3v) is 5.52. The standard InChI is InChI=1S/C21H21NO2S/c23-21(18-10-9-16-5-1-2-6-17(16)13-18)22(14-19-7-3-11-24-19)15-20-8-4-12-25-20/h1-2,4-6,8-10,12-13,19H,3,7,11,14-15H2. The Morgan fingerprint density at radius 2 is 2.00 bits per heavy atom. The van der Waals surface area contributed by atoms with Crippen LogP contribution in [0.1, 0.15) is 28.1 Å². The maximum atomic E-state index is 13.2. The molecule has 1 atom stereocenters. The number of ether oxygens (including phenoxy) is 1. The third kappa shape index (κ3) is 3.75. The van der Waals surface area contributed by atoms with E-state index >= 15 is 0 Å².